The molecule has 0 saturated heterocycles. The van der Waals surface area contributed by atoms with E-state index < -0.39 is 0 Å². The fourth-order valence-electron chi connectivity index (χ4n) is 6.03. The van der Waals surface area contributed by atoms with Gasteiger partial charge in [0.2, 0.25) is 0 Å². The third-order valence-electron chi connectivity index (χ3n) is 7.75. The van der Waals surface area contributed by atoms with Gasteiger partial charge in [0.05, 0.1) is 16.6 Å². The first-order valence-electron chi connectivity index (χ1n) is 13.0. The normalized spacial score (nSPS) is 11.7. The first-order valence-corrected chi connectivity index (χ1v) is 13.0. The fraction of sp³-hybridized carbons (Fsp3) is 0. The molecule has 0 N–H and O–H groups in total. The van der Waals surface area contributed by atoms with Crippen LogP contribution >= 0.6 is 0 Å². The van der Waals surface area contributed by atoms with Gasteiger partial charge in [-0.3, -0.25) is 0 Å². The van der Waals surface area contributed by atoms with Crippen molar-refractivity contribution in [3.05, 3.63) is 146 Å². The second-order valence-electron chi connectivity index (χ2n) is 9.85. The summed E-state index contributed by atoms with van der Waals surface area (Å²) in [6, 6.07) is 50.3. The van der Waals surface area contributed by atoms with Crippen molar-refractivity contribution in [1.29, 1.82) is 0 Å². The Labute approximate surface area is 220 Å². The highest BCUT2D eigenvalue weighted by atomic mass is 15.0. The maximum Gasteiger partial charge on any atom is 0.0619 e. The minimum atomic E-state index is 1.17. The lowest BCUT2D eigenvalue weighted by Gasteiger charge is -2.12. The monoisotopic (exact) mass is 484 g/mol. The van der Waals surface area contributed by atoms with E-state index in [-0.39, 0.29) is 0 Å². The van der Waals surface area contributed by atoms with Crippen LogP contribution in [0.1, 0.15) is 0 Å². The molecule has 0 fully saturated rings. The van der Waals surface area contributed by atoms with Crippen LogP contribution in [0.3, 0.4) is 0 Å². The Kier molecular flexibility index (Phi) is 4.55. The zero-order chi connectivity index (χ0) is 25.1. The molecule has 178 valence electrons. The Balaban J connectivity index is 1.45. The van der Waals surface area contributed by atoms with Crippen LogP contribution in [-0.2, 0) is 0 Å². The van der Waals surface area contributed by atoms with Crippen LogP contribution in [0.25, 0.3) is 66.0 Å². The summed E-state index contributed by atoms with van der Waals surface area (Å²) < 4.78 is 4.72. The Morgan fingerprint density at radius 1 is 0.368 bits per heavy atom. The molecule has 2 heterocycles. The highest BCUT2D eigenvalue weighted by Gasteiger charge is 2.17. The smallest absolute Gasteiger partial charge is 0.0619 e. The van der Waals surface area contributed by atoms with Crippen LogP contribution in [-0.4, -0.2) is 9.13 Å². The van der Waals surface area contributed by atoms with Crippen molar-refractivity contribution in [2.75, 3.05) is 0 Å². The molecule has 0 radical (unpaired) electrons. The number of aromatic nitrogens is 2. The molecule has 6 aromatic carbocycles. The number of hydrogen-bond donors (Lipinski definition) is 0. The quantitative estimate of drug-likeness (QED) is 0.236. The second kappa shape index (κ2) is 8.22. The van der Waals surface area contributed by atoms with Crippen molar-refractivity contribution in [2.24, 2.45) is 0 Å². The number of para-hydroxylation sites is 2. The van der Waals surface area contributed by atoms with Gasteiger partial charge >= 0.3 is 0 Å². The maximum absolute atomic E-state index is 2.44. The molecule has 2 aromatic heterocycles. The van der Waals surface area contributed by atoms with Gasteiger partial charge in [0.1, 0.15) is 0 Å². The molecule has 0 aliphatic carbocycles. The summed E-state index contributed by atoms with van der Waals surface area (Å²) in [5, 5.41) is 6.36. The first-order chi connectivity index (χ1) is 18.9. The summed E-state index contributed by atoms with van der Waals surface area (Å²) in [7, 11) is 0. The van der Waals surface area contributed by atoms with Crippen LogP contribution in [0.15, 0.2) is 146 Å². The third kappa shape index (κ3) is 3.07. The van der Waals surface area contributed by atoms with Crippen LogP contribution < -0.4 is 0 Å². The van der Waals surface area contributed by atoms with E-state index in [0.717, 1.165) is 0 Å². The summed E-state index contributed by atoms with van der Waals surface area (Å²) in [6.07, 6.45) is 2.18. The van der Waals surface area contributed by atoms with Crippen LogP contribution in [0.4, 0.5) is 0 Å². The summed E-state index contributed by atoms with van der Waals surface area (Å²) >= 11 is 0. The number of hydrogen-bond acceptors (Lipinski definition) is 0. The highest BCUT2D eigenvalue weighted by Crippen LogP contribution is 2.39. The summed E-state index contributed by atoms with van der Waals surface area (Å²) in [4.78, 5) is 0. The minimum Gasteiger partial charge on any atom is -0.317 e. The van der Waals surface area contributed by atoms with Gasteiger partial charge in [-0.2, -0.15) is 0 Å². The largest absolute Gasteiger partial charge is 0.317 e. The Morgan fingerprint density at radius 2 is 1.00 bits per heavy atom. The SMILES string of the molecule is c1ccc(-c2cccc(-n3c4ccccc4c4ccc5c6ccn(-c7ccccc7)c6ccc5c43)c2)cc1. The zero-order valence-corrected chi connectivity index (χ0v) is 20.8. The van der Waals surface area contributed by atoms with E-state index in [4.69, 9.17) is 0 Å². The Morgan fingerprint density at radius 3 is 1.87 bits per heavy atom. The molecule has 38 heavy (non-hydrogen) atoms. The van der Waals surface area contributed by atoms with Gasteiger partial charge in [0.15, 0.2) is 0 Å². The molecular formula is C36H24N2. The molecule has 0 unspecified atom stereocenters. The molecule has 8 rings (SSSR count). The molecule has 0 amide bonds. The minimum absolute atomic E-state index is 1.17. The average Bonchev–Trinajstić information content (AvgIpc) is 3.58. The van der Waals surface area contributed by atoms with E-state index in [1.165, 1.54) is 66.0 Å². The standard InChI is InChI=1S/C36H24N2/c1-3-10-25(11-4-1)26-12-9-15-28(24-26)38-35-17-8-7-16-30(35)33-19-18-29-31-22-23-37(27-13-5-2-6-14-27)34(31)21-20-32(29)36(33)38/h1-24H. The molecule has 2 heteroatoms. The zero-order valence-electron chi connectivity index (χ0n) is 20.8. The van der Waals surface area contributed by atoms with Gasteiger partial charge in [-0.15, -0.1) is 0 Å². The average molecular weight is 485 g/mol. The van der Waals surface area contributed by atoms with Gasteiger partial charge in [-0.25, -0.2) is 0 Å². The van der Waals surface area contributed by atoms with Crippen molar-refractivity contribution in [1.82, 2.24) is 9.13 Å². The summed E-state index contributed by atoms with van der Waals surface area (Å²) in [6.45, 7) is 0. The molecule has 0 bridgehead atoms. The van der Waals surface area contributed by atoms with Gasteiger partial charge < -0.3 is 9.13 Å². The predicted molar refractivity (Wildman–Crippen MR) is 161 cm³/mol. The van der Waals surface area contributed by atoms with Gasteiger partial charge in [-0.1, -0.05) is 97.1 Å². The Hall–Kier alpha value is -5.08. The van der Waals surface area contributed by atoms with Crippen LogP contribution in [0.5, 0.6) is 0 Å². The molecule has 0 atom stereocenters. The van der Waals surface area contributed by atoms with Crippen LogP contribution in [0.2, 0.25) is 0 Å². The predicted octanol–water partition coefficient (Wildman–Crippen LogP) is 9.55. The van der Waals surface area contributed by atoms with Crippen molar-refractivity contribution in [3.8, 4) is 22.5 Å². The number of fused-ring (bicyclic) bond motifs is 7. The second-order valence-corrected chi connectivity index (χ2v) is 9.85. The topological polar surface area (TPSA) is 9.86 Å². The van der Waals surface area contributed by atoms with E-state index in [2.05, 4.69) is 155 Å². The van der Waals surface area contributed by atoms with Crippen molar-refractivity contribution in [3.63, 3.8) is 0 Å². The van der Waals surface area contributed by atoms with Crippen molar-refractivity contribution in [2.45, 2.75) is 0 Å². The Bertz CT molecular complexity index is 2110. The molecule has 0 saturated carbocycles. The number of rotatable bonds is 3. The fourth-order valence-corrected chi connectivity index (χ4v) is 6.03. The van der Waals surface area contributed by atoms with Gasteiger partial charge in [0.25, 0.3) is 0 Å². The lowest BCUT2D eigenvalue weighted by atomic mass is 10.0. The van der Waals surface area contributed by atoms with Crippen molar-refractivity contribution < 1.29 is 0 Å². The van der Waals surface area contributed by atoms with E-state index in [1.54, 1.807) is 0 Å². The third-order valence-corrected chi connectivity index (χ3v) is 7.75. The summed E-state index contributed by atoms with van der Waals surface area (Å²) in [5.41, 5.74) is 8.49. The van der Waals surface area contributed by atoms with E-state index in [1.807, 2.05) is 0 Å². The lowest BCUT2D eigenvalue weighted by molar-refractivity contribution is 1.13. The molecule has 0 spiro atoms. The lowest BCUT2D eigenvalue weighted by Crippen LogP contribution is -1.95. The van der Waals surface area contributed by atoms with Gasteiger partial charge in [-0.05, 0) is 59.0 Å². The molecule has 0 aliphatic rings. The molecule has 2 nitrogen and oxygen atoms in total. The number of nitrogens with zero attached hydrogens (tertiary/aromatic N) is 2. The van der Waals surface area contributed by atoms with Gasteiger partial charge in [0, 0.05) is 39.1 Å². The molecule has 8 aromatic rings. The van der Waals surface area contributed by atoms with E-state index >= 15 is 0 Å². The summed E-state index contributed by atoms with van der Waals surface area (Å²) in [5.74, 6) is 0. The highest BCUT2D eigenvalue weighted by molar-refractivity contribution is 6.22. The van der Waals surface area contributed by atoms with E-state index in [0.29, 0.717) is 0 Å². The van der Waals surface area contributed by atoms with E-state index in [9.17, 15) is 0 Å². The molecule has 0 aliphatic heterocycles. The first kappa shape index (κ1) is 21.0. The molecular weight excluding hydrogens is 460 g/mol. The van der Waals surface area contributed by atoms with Crippen LogP contribution in [0, 0.1) is 0 Å². The number of benzene rings is 6. The van der Waals surface area contributed by atoms with Crippen molar-refractivity contribution >= 4 is 43.5 Å². The maximum atomic E-state index is 2.44.